The molecule has 6 nitrogen and oxygen atoms in total. The van der Waals surface area contributed by atoms with Crippen LogP contribution in [0.25, 0.3) is 0 Å². The molecule has 1 aliphatic heterocycles. The molecule has 1 aliphatic rings. The lowest BCUT2D eigenvalue weighted by Gasteiger charge is -2.28. The highest BCUT2D eigenvalue weighted by Gasteiger charge is 2.33. The molecule has 0 aliphatic carbocycles. The Morgan fingerprint density at radius 1 is 0.962 bits per heavy atom. The first kappa shape index (κ1) is 20.2. The Bertz CT molecular complexity index is 580. The number of carbonyl (C=O) groups is 2. The van der Waals surface area contributed by atoms with Gasteiger partial charge in [0, 0.05) is 31.0 Å². The minimum absolute atomic E-state index is 0.0497. The summed E-state index contributed by atoms with van der Waals surface area (Å²) in [6, 6.07) is 7.19. The van der Waals surface area contributed by atoms with Crippen molar-refractivity contribution in [1.29, 1.82) is 0 Å². The van der Waals surface area contributed by atoms with Gasteiger partial charge in [-0.2, -0.15) is 0 Å². The summed E-state index contributed by atoms with van der Waals surface area (Å²) in [5.74, 6) is -0.0497. The van der Waals surface area contributed by atoms with Crippen LogP contribution in [-0.2, 0) is 4.79 Å². The van der Waals surface area contributed by atoms with Crippen LogP contribution in [0.4, 0.5) is 16.2 Å². The minimum atomic E-state index is -0.528. The molecule has 0 aromatic heterocycles. The number of hydrogen-bond acceptors (Lipinski definition) is 3. The quantitative estimate of drug-likeness (QED) is 0.721. The van der Waals surface area contributed by atoms with Crippen molar-refractivity contribution >= 4 is 23.3 Å². The zero-order chi connectivity index (χ0) is 19.0. The van der Waals surface area contributed by atoms with Gasteiger partial charge >= 0.3 is 6.03 Å². The number of nitrogens with two attached hydrogens (primary N) is 1. The number of urea groups is 1. The normalized spacial score (nSPS) is 15.3. The smallest absolute Gasteiger partial charge is 0.321 e. The number of anilines is 2. The van der Waals surface area contributed by atoms with Crippen LogP contribution in [0.1, 0.15) is 52.4 Å². The van der Waals surface area contributed by atoms with Crippen LogP contribution in [0.2, 0.25) is 0 Å². The number of nitrogens with zero attached hydrogens (tertiary/aromatic N) is 1. The van der Waals surface area contributed by atoms with E-state index in [0.717, 1.165) is 31.6 Å². The van der Waals surface area contributed by atoms with Gasteiger partial charge in [0.1, 0.15) is 0 Å². The highest BCUT2D eigenvalue weighted by Crippen LogP contribution is 2.27. The first-order valence-electron chi connectivity index (χ1n) is 9.72. The molecule has 1 aromatic rings. The van der Waals surface area contributed by atoms with Gasteiger partial charge in [0.05, 0.1) is 5.41 Å². The summed E-state index contributed by atoms with van der Waals surface area (Å²) in [6.45, 7) is 5.93. The van der Waals surface area contributed by atoms with Gasteiger partial charge in [0.15, 0.2) is 0 Å². The Morgan fingerprint density at radius 3 is 1.92 bits per heavy atom. The molecule has 144 valence electrons. The maximum absolute atomic E-state index is 12.6. The summed E-state index contributed by atoms with van der Waals surface area (Å²) in [7, 11) is 0. The Hall–Kier alpha value is -2.08. The Balaban J connectivity index is 1.95. The van der Waals surface area contributed by atoms with Crippen LogP contribution < -0.4 is 16.4 Å². The number of amides is 3. The molecule has 0 spiro atoms. The fourth-order valence-electron chi connectivity index (χ4n) is 3.33. The number of benzene rings is 1. The third-order valence-corrected chi connectivity index (χ3v) is 5.51. The molecule has 1 heterocycles. The van der Waals surface area contributed by atoms with Crippen molar-refractivity contribution in [3.63, 3.8) is 0 Å². The third kappa shape index (κ3) is 4.97. The number of likely N-dealkylation sites (tertiary alicyclic amines) is 1. The predicted octanol–water partition coefficient (Wildman–Crippen LogP) is 3.80. The largest absolute Gasteiger partial charge is 0.329 e. The zero-order valence-corrected chi connectivity index (χ0v) is 16.0. The third-order valence-electron chi connectivity index (χ3n) is 5.51. The Kier molecular flexibility index (Phi) is 7.45. The molecule has 0 bridgehead atoms. The van der Waals surface area contributed by atoms with E-state index in [1.54, 1.807) is 0 Å². The summed E-state index contributed by atoms with van der Waals surface area (Å²) >= 11 is 0. The fourth-order valence-corrected chi connectivity index (χ4v) is 3.33. The van der Waals surface area contributed by atoms with E-state index < -0.39 is 5.41 Å². The first-order chi connectivity index (χ1) is 12.5. The van der Waals surface area contributed by atoms with E-state index in [2.05, 4.69) is 10.6 Å². The molecule has 0 saturated carbocycles. The molecule has 3 amide bonds. The second kappa shape index (κ2) is 9.57. The second-order valence-electron chi connectivity index (χ2n) is 7.05. The standard InChI is InChI=1S/C20H32N4O2/c1-3-20(4-2,15-21)18(25)22-16-9-11-17(12-10-16)23-19(26)24-13-7-5-6-8-14-24/h9-12H,3-8,13-15,21H2,1-2H3,(H,22,25)(H,23,26). The van der Waals surface area contributed by atoms with Crippen molar-refractivity contribution in [2.24, 2.45) is 11.1 Å². The van der Waals surface area contributed by atoms with Crippen molar-refractivity contribution in [3.05, 3.63) is 24.3 Å². The molecule has 1 aromatic carbocycles. The second-order valence-corrected chi connectivity index (χ2v) is 7.05. The number of nitrogens with one attached hydrogen (secondary N) is 2. The van der Waals surface area contributed by atoms with E-state index in [1.807, 2.05) is 43.0 Å². The summed E-state index contributed by atoms with van der Waals surface area (Å²) < 4.78 is 0. The summed E-state index contributed by atoms with van der Waals surface area (Å²) in [6.07, 6.45) is 5.92. The van der Waals surface area contributed by atoms with E-state index in [9.17, 15) is 9.59 Å². The molecule has 2 rings (SSSR count). The summed E-state index contributed by atoms with van der Waals surface area (Å²) in [5.41, 5.74) is 6.74. The SMILES string of the molecule is CCC(CC)(CN)C(=O)Nc1ccc(NC(=O)N2CCCCCC2)cc1. The zero-order valence-electron chi connectivity index (χ0n) is 16.0. The lowest BCUT2D eigenvalue weighted by molar-refractivity contribution is -0.125. The van der Waals surface area contributed by atoms with Gasteiger partial charge in [-0.05, 0) is 49.9 Å². The monoisotopic (exact) mass is 360 g/mol. The summed E-state index contributed by atoms with van der Waals surface area (Å²) in [5, 5.41) is 5.88. The summed E-state index contributed by atoms with van der Waals surface area (Å²) in [4.78, 5) is 26.8. The lowest BCUT2D eigenvalue weighted by atomic mass is 9.81. The Morgan fingerprint density at radius 2 is 1.46 bits per heavy atom. The first-order valence-corrected chi connectivity index (χ1v) is 9.72. The number of carbonyl (C=O) groups excluding carboxylic acids is 2. The topological polar surface area (TPSA) is 87.5 Å². The van der Waals surface area contributed by atoms with Crippen molar-refractivity contribution in [2.75, 3.05) is 30.3 Å². The van der Waals surface area contributed by atoms with Crippen LogP contribution in [0.5, 0.6) is 0 Å². The van der Waals surface area contributed by atoms with Gasteiger partial charge in [-0.25, -0.2) is 4.79 Å². The van der Waals surface area contributed by atoms with Crippen molar-refractivity contribution < 1.29 is 9.59 Å². The molecule has 0 atom stereocenters. The lowest BCUT2D eigenvalue weighted by Crippen LogP contribution is -2.41. The van der Waals surface area contributed by atoms with Crippen molar-refractivity contribution in [3.8, 4) is 0 Å². The van der Waals surface area contributed by atoms with E-state index in [4.69, 9.17) is 5.73 Å². The predicted molar refractivity (Wildman–Crippen MR) is 106 cm³/mol. The van der Waals surface area contributed by atoms with E-state index >= 15 is 0 Å². The van der Waals surface area contributed by atoms with Gasteiger partial charge in [-0.3, -0.25) is 4.79 Å². The van der Waals surface area contributed by atoms with E-state index in [0.29, 0.717) is 25.1 Å². The molecule has 6 heteroatoms. The molecular weight excluding hydrogens is 328 g/mol. The van der Waals surface area contributed by atoms with Crippen molar-refractivity contribution in [1.82, 2.24) is 4.90 Å². The molecule has 26 heavy (non-hydrogen) atoms. The molecule has 1 fully saturated rings. The molecular formula is C20H32N4O2. The average molecular weight is 361 g/mol. The van der Waals surface area contributed by atoms with Crippen LogP contribution in [-0.4, -0.2) is 36.5 Å². The highest BCUT2D eigenvalue weighted by molar-refractivity contribution is 5.96. The maximum atomic E-state index is 12.6. The van der Waals surface area contributed by atoms with Crippen LogP contribution in [0, 0.1) is 5.41 Å². The van der Waals surface area contributed by atoms with Crippen LogP contribution in [0.15, 0.2) is 24.3 Å². The van der Waals surface area contributed by atoms with E-state index in [1.165, 1.54) is 12.8 Å². The van der Waals surface area contributed by atoms with Gasteiger partial charge in [0.25, 0.3) is 0 Å². The molecule has 1 saturated heterocycles. The molecule has 0 unspecified atom stereocenters. The molecule has 4 N–H and O–H groups in total. The Labute approximate surface area is 156 Å². The maximum Gasteiger partial charge on any atom is 0.321 e. The van der Waals surface area contributed by atoms with Crippen LogP contribution in [0.3, 0.4) is 0 Å². The number of hydrogen-bond donors (Lipinski definition) is 3. The minimum Gasteiger partial charge on any atom is -0.329 e. The van der Waals surface area contributed by atoms with Gasteiger partial charge in [0.2, 0.25) is 5.91 Å². The average Bonchev–Trinajstić information content (AvgIpc) is 2.95. The fraction of sp³-hybridized carbons (Fsp3) is 0.600. The van der Waals surface area contributed by atoms with E-state index in [-0.39, 0.29) is 11.9 Å². The number of rotatable bonds is 6. The van der Waals surface area contributed by atoms with Gasteiger partial charge in [-0.1, -0.05) is 26.7 Å². The molecule has 0 radical (unpaired) electrons. The van der Waals surface area contributed by atoms with Crippen LogP contribution >= 0.6 is 0 Å². The van der Waals surface area contributed by atoms with Crippen molar-refractivity contribution in [2.45, 2.75) is 52.4 Å². The highest BCUT2D eigenvalue weighted by atomic mass is 16.2. The van der Waals surface area contributed by atoms with Gasteiger partial charge in [-0.15, -0.1) is 0 Å². The van der Waals surface area contributed by atoms with Gasteiger partial charge < -0.3 is 21.3 Å².